The van der Waals surface area contributed by atoms with E-state index < -0.39 is 0 Å². The van der Waals surface area contributed by atoms with Crippen molar-refractivity contribution in [2.75, 3.05) is 7.11 Å². The summed E-state index contributed by atoms with van der Waals surface area (Å²) < 4.78 is 11.3. The Labute approximate surface area is 111 Å². The van der Waals surface area contributed by atoms with Crippen LogP contribution in [0.2, 0.25) is 0 Å². The average molecular weight is 256 g/mol. The van der Waals surface area contributed by atoms with Gasteiger partial charge in [-0.15, -0.1) is 0 Å². The molecule has 0 unspecified atom stereocenters. The van der Waals surface area contributed by atoms with E-state index in [-0.39, 0.29) is 6.10 Å². The number of fused-ring (bicyclic) bond motifs is 3. The fourth-order valence-electron chi connectivity index (χ4n) is 2.30. The van der Waals surface area contributed by atoms with Crippen LogP contribution in [-0.4, -0.2) is 23.2 Å². The summed E-state index contributed by atoms with van der Waals surface area (Å²) in [6, 6.07) is 7.82. The molecular weight excluding hydrogens is 240 g/mol. The largest absolute Gasteiger partial charge is 0.495 e. The van der Waals surface area contributed by atoms with Gasteiger partial charge in [-0.05, 0) is 38.1 Å². The summed E-state index contributed by atoms with van der Waals surface area (Å²) in [5.74, 6) is 1.65. The number of ether oxygens (including phenoxy) is 2. The van der Waals surface area contributed by atoms with E-state index in [4.69, 9.17) is 9.47 Å². The van der Waals surface area contributed by atoms with Gasteiger partial charge in [0.15, 0.2) is 0 Å². The molecule has 0 aliphatic carbocycles. The molecule has 2 aromatic heterocycles. The van der Waals surface area contributed by atoms with Crippen molar-refractivity contribution in [1.82, 2.24) is 9.97 Å². The lowest BCUT2D eigenvalue weighted by Crippen LogP contribution is -2.05. The summed E-state index contributed by atoms with van der Waals surface area (Å²) in [4.78, 5) is 7.64. The Hall–Kier alpha value is -2.23. The molecule has 98 valence electrons. The molecule has 2 heterocycles. The van der Waals surface area contributed by atoms with E-state index in [1.54, 1.807) is 13.3 Å². The van der Waals surface area contributed by atoms with Crippen molar-refractivity contribution < 1.29 is 9.47 Å². The topological polar surface area (TPSA) is 47.1 Å². The summed E-state index contributed by atoms with van der Waals surface area (Å²) >= 11 is 0. The summed E-state index contributed by atoms with van der Waals surface area (Å²) in [5, 5.41) is 2.07. The van der Waals surface area contributed by atoms with Gasteiger partial charge in [-0.3, -0.25) is 0 Å². The number of H-pyrrole nitrogens is 1. The average Bonchev–Trinajstić information content (AvgIpc) is 2.78. The smallest absolute Gasteiger partial charge is 0.143 e. The summed E-state index contributed by atoms with van der Waals surface area (Å²) in [6.07, 6.45) is 1.89. The van der Waals surface area contributed by atoms with Crippen molar-refractivity contribution in [2.45, 2.75) is 20.0 Å². The van der Waals surface area contributed by atoms with Crippen molar-refractivity contribution in [2.24, 2.45) is 0 Å². The number of methoxy groups -OCH3 is 1. The molecule has 0 saturated carbocycles. The molecule has 4 nitrogen and oxygen atoms in total. The van der Waals surface area contributed by atoms with Crippen LogP contribution in [0.15, 0.2) is 30.5 Å². The number of aromatic amines is 1. The van der Waals surface area contributed by atoms with Crippen LogP contribution in [0, 0.1) is 0 Å². The van der Waals surface area contributed by atoms with Gasteiger partial charge in [0.1, 0.15) is 17.1 Å². The second-order valence-electron chi connectivity index (χ2n) is 4.71. The van der Waals surface area contributed by atoms with E-state index in [2.05, 4.69) is 9.97 Å². The minimum Gasteiger partial charge on any atom is -0.495 e. The van der Waals surface area contributed by atoms with Crippen LogP contribution in [0.4, 0.5) is 0 Å². The number of rotatable bonds is 3. The molecule has 1 N–H and O–H groups in total. The van der Waals surface area contributed by atoms with Crippen LogP contribution in [0.25, 0.3) is 21.9 Å². The maximum absolute atomic E-state index is 5.89. The van der Waals surface area contributed by atoms with Gasteiger partial charge in [0.25, 0.3) is 0 Å². The minimum atomic E-state index is 0.123. The molecule has 0 aliphatic heterocycles. The first kappa shape index (κ1) is 11.8. The molecule has 4 heteroatoms. The van der Waals surface area contributed by atoms with E-state index in [1.165, 1.54) is 0 Å². The number of hydrogen-bond acceptors (Lipinski definition) is 3. The maximum atomic E-state index is 5.89. The SMILES string of the molecule is COc1ccc(OC(C)C)c2c1[nH]c1ncccc12. The number of benzene rings is 1. The van der Waals surface area contributed by atoms with E-state index in [1.807, 2.05) is 38.1 Å². The Bertz CT molecular complexity index is 731. The summed E-state index contributed by atoms with van der Waals surface area (Å²) in [6.45, 7) is 4.03. The Morgan fingerprint density at radius 2 is 1.95 bits per heavy atom. The van der Waals surface area contributed by atoms with Crippen LogP contribution in [0.3, 0.4) is 0 Å². The predicted octanol–water partition coefficient (Wildman–Crippen LogP) is 3.51. The lowest BCUT2D eigenvalue weighted by Gasteiger charge is -2.12. The lowest BCUT2D eigenvalue weighted by molar-refractivity contribution is 0.245. The molecule has 0 fully saturated rings. The highest BCUT2D eigenvalue weighted by atomic mass is 16.5. The normalized spacial score (nSPS) is 11.4. The third kappa shape index (κ3) is 1.89. The zero-order chi connectivity index (χ0) is 13.4. The minimum absolute atomic E-state index is 0.123. The third-order valence-electron chi connectivity index (χ3n) is 3.03. The predicted molar refractivity (Wildman–Crippen MR) is 75.9 cm³/mol. The highest BCUT2D eigenvalue weighted by Gasteiger charge is 2.15. The van der Waals surface area contributed by atoms with Crippen LogP contribution < -0.4 is 9.47 Å². The first-order chi connectivity index (χ1) is 9.20. The van der Waals surface area contributed by atoms with E-state index in [0.717, 1.165) is 33.4 Å². The lowest BCUT2D eigenvalue weighted by atomic mass is 10.1. The molecule has 0 aliphatic rings. The van der Waals surface area contributed by atoms with Gasteiger partial charge >= 0.3 is 0 Å². The molecule has 1 aromatic carbocycles. The molecule has 0 bridgehead atoms. The van der Waals surface area contributed by atoms with Gasteiger partial charge in [-0.2, -0.15) is 0 Å². The van der Waals surface area contributed by atoms with Crippen LogP contribution in [-0.2, 0) is 0 Å². The van der Waals surface area contributed by atoms with Gasteiger partial charge in [-0.25, -0.2) is 4.98 Å². The van der Waals surface area contributed by atoms with Crippen LogP contribution in [0.5, 0.6) is 11.5 Å². The third-order valence-corrected chi connectivity index (χ3v) is 3.03. The second kappa shape index (κ2) is 4.46. The van der Waals surface area contributed by atoms with Gasteiger partial charge in [0.05, 0.1) is 24.1 Å². The zero-order valence-corrected chi connectivity index (χ0v) is 11.2. The van der Waals surface area contributed by atoms with Gasteiger partial charge in [0.2, 0.25) is 0 Å². The molecule has 3 rings (SSSR count). The van der Waals surface area contributed by atoms with Gasteiger partial charge in [-0.1, -0.05) is 0 Å². The molecule has 0 saturated heterocycles. The quantitative estimate of drug-likeness (QED) is 0.780. The van der Waals surface area contributed by atoms with Gasteiger partial charge < -0.3 is 14.5 Å². The highest BCUT2D eigenvalue weighted by molar-refractivity contribution is 6.11. The molecule has 3 aromatic rings. The van der Waals surface area contributed by atoms with Crippen molar-refractivity contribution in [3.63, 3.8) is 0 Å². The van der Waals surface area contributed by atoms with E-state index in [9.17, 15) is 0 Å². The maximum Gasteiger partial charge on any atom is 0.143 e. The van der Waals surface area contributed by atoms with Crippen LogP contribution >= 0.6 is 0 Å². The first-order valence-electron chi connectivity index (χ1n) is 6.30. The Morgan fingerprint density at radius 3 is 2.68 bits per heavy atom. The standard InChI is InChI=1S/C15H16N2O2/c1-9(2)19-11-6-7-12(18-3)14-13(11)10-5-4-8-16-15(10)17-14/h4-9H,1-3H3,(H,16,17). The molecule has 0 amide bonds. The molecular formula is C15H16N2O2. The number of nitrogens with zero attached hydrogens (tertiary/aromatic N) is 1. The Balaban J connectivity index is 2.38. The zero-order valence-electron chi connectivity index (χ0n) is 11.2. The van der Waals surface area contributed by atoms with Crippen LogP contribution in [0.1, 0.15) is 13.8 Å². The van der Waals surface area contributed by atoms with Gasteiger partial charge in [0, 0.05) is 11.6 Å². The van der Waals surface area contributed by atoms with Crippen molar-refractivity contribution in [3.8, 4) is 11.5 Å². The van der Waals surface area contributed by atoms with Crippen molar-refractivity contribution >= 4 is 21.9 Å². The highest BCUT2D eigenvalue weighted by Crippen LogP contribution is 2.37. The Kier molecular flexibility index (Phi) is 2.78. The number of nitrogens with one attached hydrogen (secondary N) is 1. The van der Waals surface area contributed by atoms with Crippen molar-refractivity contribution in [3.05, 3.63) is 30.5 Å². The van der Waals surface area contributed by atoms with E-state index in [0.29, 0.717) is 0 Å². The summed E-state index contributed by atoms with van der Waals surface area (Å²) in [7, 11) is 1.66. The number of pyridine rings is 1. The molecule has 0 atom stereocenters. The second-order valence-corrected chi connectivity index (χ2v) is 4.71. The molecule has 0 spiro atoms. The summed E-state index contributed by atoms with van der Waals surface area (Å²) in [5.41, 5.74) is 1.77. The number of hydrogen-bond donors (Lipinski definition) is 1. The monoisotopic (exact) mass is 256 g/mol. The van der Waals surface area contributed by atoms with E-state index >= 15 is 0 Å². The Morgan fingerprint density at radius 1 is 1.16 bits per heavy atom. The fourth-order valence-corrected chi connectivity index (χ4v) is 2.30. The molecule has 19 heavy (non-hydrogen) atoms. The molecule has 0 radical (unpaired) electrons. The first-order valence-corrected chi connectivity index (χ1v) is 6.30. The fraction of sp³-hybridized carbons (Fsp3) is 0.267. The number of aromatic nitrogens is 2. The van der Waals surface area contributed by atoms with Crippen molar-refractivity contribution in [1.29, 1.82) is 0 Å².